The van der Waals surface area contributed by atoms with Crippen LogP contribution < -0.4 is 0 Å². The van der Waals surface area contributed by atoms with Crippen molar-refractivity contribution < 1.29 is 4.43 Å². The van der Waals surface area contributed by atoms with E-state index in [0.29, 0.717) is 0 Å². The van der Waals surface area contributed by atoms with Crippen LogP contribution >= 0.6 is 0 Å². The molecule has 0 spiro atoms. The lowest BCUT2D eigenvalue weighted by molar-refractivity contribution is 0.234. The van der Waals surface area contributed by atoms with Crippen LogP contribution in [0.3, 0.4) is 0 Å². The number of rotatable bonds is 4. The summed E-state index contributed by atoms with van der Waals surface area (Å²) in [6, 6.07) is 10.3. The Balaban J connectivity index is 2.73. The molecule has 0 aliphatic rings. The van der Waals surface area contributed by atoms with Crippen molar-refractivity contribution in [3.8, 4) is 12.3 Å². The summed E-state index contributed by atoms with van der Waals surface area (Å²) >= 11 is 0. The van der Waals surface area contributed by atoms with Gasteiger partial charge in [0.1, 0.15) is 6.10 Å². The molecule has 18 heavy (non-hydrogen) atoms. The molecule has 0 radical (unpaired) electrons. The summed E-state index contributed by atoms with van der Waals surface area (Å²) in [5.74, 6) is 2.79. The molecule has 0 N–H and O–H groups in total. The van der Waals surface area contributed by atoms with Crippen molar-refractivity contribution >= 4 is 8.32 Å². The molecular weight excluding hydrogens is 236 g/mol. The monoisotopic (exact) mass is 260 g/mol. The summed E-state index contributed by atoms with van der Waals surface area (Å²) in [6.07, 6.45) is 6.30. The predicted molar refractivity (Wildman–Crippen MR) is 81.0 cm³/mol. The Morgan fingerprint density at radius 2 is 1.78 bits per heavy atom. The Morgan fingerprint density at radius 1 is 1.22 bits per heavy atom. The highest BCUT2D eigenvalue weighted by Crippen LogP contribution is 2.37. The highest BCUT2D eigenvalue weighted by molar-refractivity contribution is 6.74. The van der Waals surface area contributed by atoms with Gasteiger partial charge in [0.15, 0.2) is 8.32 Å². The molecule has 1 aromatic carbocycles. The minimum absolute atomic E-state index is 0.117. The van der Waals surface area contributed by atoms with Crippen LogP contribution in [0.1, 0.15) is 26.3 Å². The highest BCUT2D eigenvalue weighted by atomic mass is 28.4. The Kier molecular flexibility index (Phi) is 4.78. The molecule has 1 aromatic rings. The van der Waals surface area contributed by atoms with Crippen molar-refractivity contribution in [3.63, 3.8) is 0 Å². The molecule has 0 aliphatic carbocycles. The molecule has 1 unspecified atom stereocenters. The van der Waals surface area contributed by atoms with E-state index >= 15 is 0 Å². The third kappa shape index (κ3) is 4.01. The average molecular weight is 260 g/mol. The topological polar surface area (TPSA) is 9.23 Å². The van der Waals surface area contributed by atoms with Crippen molar-refractivity contribution in [2.45, 2.75) is 51.4 Å². The van der Waals surface area contributed by atoms with Gasteiger partial charge in [-0.25, -0.2) is 0 Å². The molecule has 0 amide bonds. The number of terminal acetylenes is 1. The van der Waals surface area contributed by atoms with E-state index < -0.39 is 8.32 Å². The summed E-state index contributed by atoms with van der Waals surface area (Å²) in [7, 11) is -1.79. The first-order chi connectivity index (χ1) is 8.26. The van der Waals surface area contributed by atoms with E-state index in [-0.39, 0.29) is 11.1 Å². The van der Waals surface area contributed by atoms with Gasteiger partial charge in [-0.15, -0.1) is 6.42 Å². The van der Waals surface area contributed by atoms with Crippen LogP contribution in [0.4, 0.5) is 0 Å². The molecule has 0 saturated heterocycles. The van der Waals surface area contributed by atoms with E-state index in [9.17, 15) is 0 Å². The second kappa shape index (κ2) is 5.73. The van der Waals surface area contributed by atoms with Crippen LogP contribution in [0.5, 0.6) is 0 Å². The summed E-state index contributed by atoms with van der Waals surface area (Å²) in [5.41, 5.74) is 1.24. The molecule has 1 rings (SSSR count). The summed E-state index contributed by atoms with van der Waals surface area (Å²) in [5, 5.41) is 0.193. The van der Waals surface area contributed by atoms with Crippen molar-refractivity contribution in [1.82, 2.24) is 0 Å². The first-order valence-electron chi connectivity index (χ1n) is 6.44. The summed E-state index contributed by atoms with van der Waals surface area (Å²) in [4.78, 5) is 0. The van der Waals surface area contributed by atoms with Crippen LogP contribution in [0.25, 0.3) is 0 Å². The van der Waals surface area contributed by atoms with Gasteiger partial charge in [-0.05, 0) is 23.7 Å². The lowest BCUT2D eigenvalue weighted by Gasteiger charge is -2.38. The van der Waals surface area contributed by atoms with Crippen LogP contribution in [0.2, 0.25) is 18.1 Å². The molecule has 0 fully saturated rings. The normalized spacial score (nSPS) is 14.0. The van der Waals surface area contributed by atoms with Crippen molar-refractivity contribution in [2.75, 3.05) is 0 Å². The minimum atomic E-state index is -1.79. The highest BCUT2D eigenvalue weighted by Gasteiger charge is 2.38. The van der Waals surface area contributed by atoms with E-state index in [1.165, 1.54) is 5.56 Å². The summed E-state index contributed by atoms with van der Waals surface area (Å²) < 4.78 is 6.26. The van der Waals surface area contributed by atoms with Crippen LogP contribution in [0, 0.1) is 12.3 Å². The first-order valence-corrected chi connectivity index (χ1v) is 9.35. The molecule has 0 saturated carbocycles. The van der Waals surface area contributed by atoms with E-state index in [0.717, 1.165) is 6.42 Å². The lowest BCUT2D eigenvalue weighted by atomic mass is 10.1. The van der Waals surface area contributed by atoms with Crippen molar-refractivity contribution in [2.24, 2.45) is 0 Å². The third-order valence-electron chi connectivity index (χ3n) is 3.69. The quantitative estimate of drug-likeness (QED) is 0.581. The van der Waals surface area contributed by atoms with Crippen LogP contribution in [-0.4, -0.2) is 14.4 Å². The van der Waals surface area contributed by atoms with E-state index in [1.807, 2.05) is 18.2 Å². The molecule has 0 heterocycles. The van der Waals surface area contributed by atoms with E-state index in [4.69, 9.17) is 10.8 Å². The fourth-order valence-corrected chi connectivity index (χ4v) is 2.71. The van der Waals surface area contributed by atoms with Gasteiger partial charge in [0.2, 0.25) is 0 Å². The number of hydrogen-bond acceptors (Lipinski definition) is 1. The van der Waals surface area contributed by atoms with E-state index in [2.05, 4.69) is 51.9 Å². The lowest BCUT2D eigenvalue weighted by Crippen LogP contribution is -2.44. The maximum Gasteiger partial charge on any atom is 0.193 e. The minimum Gasteiger partial charge on any atom is -0.403 e. The molecule has 0 bridgehead atoms. The Labute approximate surface area is 113 Å². The Bertz CT molecular complexity index is 409. The largest absolute Gasteiger partial charge is 0.403 e. The second-order valence-corrected chi connectivity index (χ2v) is 11.0. The molecule has 98 valence electrons. The molecular formula is C16H24OSi. The fourth-order valence-electron chi connectivity index (χ4n) is 1.50. The van der Waals surface area contributed by atoms with Crippen molar-refractivity contribution in [1.29, 1.82) is 0 Å². The maximum atomic E-state index is 6.26. The van der Waals surface area contributed by atoms with Gasteiger partial charge in [0.05, 0.1) is 0 Å². The molecule has 0 aromatic heterocycles. The number of benzene rings is 1. The first kappa shape index (κ1) is 15.0. The molecule has 0 aliphatic heterocycles. The number of hydrogen-bond donors (Lipinski definition) is 0. The second-order valence-electron chi connectivity index (χ2n) is 6.22. The van der Waals surface area contributed by atoms with Gasteiger partial charge in [0, 0.05) is 6.42 Å². The zero-order valence-electron chi connectivity index (χ0n) is 12.2. The zero-order chi connectivity index (χ0) is 13.8. The molecule has 2 heteroatoms. The Hall–Kier alpha value is -1.04. The molecule has 1 atom stereocenters. The predicted octanol–water partition coefficient (Wildman–Crippen LogP) is 4.25. The fraction of sp³-hybridized carbons (Fsp3) is 0.500. The smallest absolute Gasteiger partial charge is 0.193 e. The van der Waals surface area contributed by atoms with Gasteiger partial charge in [-0.3, -0.25) is 0 Å². The van der Waals surface area contributed by atoms with Gasteiger partial charge in [0.25, 0.3) is 0 Å². The standard InChI is InChI=1S/C16H24OSi/c1-7-15(13-14-11-9-8-10-12-14)17-18(5,6)16(2,3)4/h1,8-12,15H,13H2,2-6H3. The van der Waals surface area contributed by atoms with Gasteiger partial charge in [-0.2, -0.15) is 0 Å². The van der Waals surface area contributed by atoms with Gasteiger partial charge >= 0.3 is 0 Å². The van der Waals surface area contributed by atoms with Crippen molar-refractivity contribution in [3.05, 3.63) is 35.9 Å². The molecule has 1 nitrogen and oxygen atoms in total. The van der Waals surface area contributed by atoms with Gasteiger partial charge in [-0.1, -0.05) is 57.0 Å². The van der Waals surface area contributed by atoms with Crippen LogP contribution in [0.15, 0.2) is 30.3 Å². The Morgan fingerprint density at radius 3 is 2.22 bits per heavy atom. The zero-order valence-corrected chi connectivity index (χ0v) is 13.2. The average Bonchev–Trinajstić information content (AvgIpc) is 2.27. The SMILES string of the molecule is C#CC(Cc1ccccc1)O[Si](C)(C)C(C)(C)C. The maximum absolute atomic E-state index is 6.26. The third-order valence-corrected chi connectivity index (χ3v) is 8.18. The van der Waals surface area contributed by atoms with E-state index in [1.54, 1.807) is 0 Å². The van der Waals surface area contributed by atoms with Crippen LogP contribution in [-0.2, 0) is 10.8 Å². The summed E-state index contributed by atoms with van der Waals surface area (Å²) in [6.45, 7) is 11.2. The van der Waals surface area contributed by atoms with Gasteiger partial charge < -0.3 is 4.43 Å².